The van der Waals surface area contributed by atoms with Crippen LogP contribution in [0.25, 0.3) is 11.0 Å². The number of imidazole rings is 1. The van der Waals surface area contributed by atoms with Crippen LogP contribution in [-0.2, 0) is 12.7 Å². The lowest BCUT2D eigenvalue weighted by Crippen LogP contribution is -2.17. The van der Waals surface area contributed by atoms with Gasteiger partial charge in [-0.25, -0.2) is 4.98 Å². The largest absolute Gasteiger partial charge is 0.449 e. The number of benzene rings is 1. The third-order valence-corrected chi connectivity index (χ3v) is 3.22. The van der Waals surface area contributed by atoms with Crippen LogP contribution >= 0.6 is 0 Å². The van der Waals surface area contributed by atoms with E-state index in [0.29, 0.717) is 17.7 Å². The van der Waals surface area contributed by atoms with Gasteiger partial charge in [-0.3, -0.25) is 0 Å². The molecule has 0 amide bonds. The molecule has 0 aliphatic rings. The van der Waals surface area contributed by atoms with Crippen molar-refractivity contribution in [1.29, 1.82) is 0 Å². The molecule has 0 radical (unpaired) electrons. The lowest BCUT2D eigenvalue weighted by atomic mass is 10.1. The van der Waals surface area contributed by atoms with Crippen molar-refractivity contribution in [2.45, 2.75) is 33.0 Å². The number of nitrogens with two attached hydrogens (primary N) is 1. The van der Waals surface area contributed by atoms with Crippen LogP contribution in [0.3, 0.4) is 0 Å². The van der Waals surface area contributed by atoms with Crippen molar-refractivity contribution >= 4 is 16.7 Å². The summed E-state index contributed by atoms with van der Waals surface area (Å²) < 4.78 is 40.3. The number of hydrogen-bond acceptors (Lipinski definition) is 2. The molecule has 0 saturated heterocycles. The first kappa shape index (κ1) is 13.7. The number of anilines is 1. The number of halogens is 3. The molecule has 6 heteroatoms. The van der Waals surface area contributed by atoms with Crippen molar-refractivity contribution in [2.75, 3.05) is 5.73 Å². The zero-order valence-corrected chi connectivity index (χ0v) is 10.8. The monoisotopic (exact) mass is 271 g/mol. The predicted molar refractivity (Wildman–Crippen MR) is 68.6 cm³/mol. The highest BCUT2D eigenvalue weighted by molar-refractivity contribution is 5.79. The van der Waals surface area contributed by atoms with E-state index in [-0.39, 0.29) is 11.4 Å². The van der Waals surface area contributed by atoms with Gasteiger partial charge in [0.15, 0.2) is 0 Å². The Morgan fingerprint density at radius 3 is 2.63 bits per heavy atom. The number of rotatable bonds is 3. The normalized spacial score (nSPS) is 13.9. The molecule has 1 unspecified atom stereocenters. The Morgan fingerprint density at radius 1 is 1.37 bits per heavy atom. The van der Waals surface area contributed by atoms with E-state index in [2.05, 4.69) is 4.98 Å². The van der Waals surface area contributed by atoms with E-state index >= 15 is 0 Å². The van der Waals surface area contributed by atoms with Crippen LogP contribution in [0.2, 0.25) is 0 Å². The average molecular weight is 271 g/mol. The van der Waals surface area contributed by atoms with Crippen LogP contribution in [0.4, 0.5) is 18.9 Å². The molecule has 2 aromatic rings. The first-order chi connectivity index (χ1) is 8.82. The second kappa shape index (κ2) is 4.75. The molecule has 1 aromatic heterocycles. The highest BCUT2D eigenvalue weighted by Gasteiger charge is 2.37. The Bertz CT molecular complexity index is 587. The smallest absolute Gasteiger partial charge is 0.399 e. The van der Waals surface area contributed by atoms with E-state index in [0.717, 1.165) is 6.42 Å². The summed E-state index contributed by atoms with van der Waals surface area (Å²) >= 11 is 0. The van der Waals surface area contributed by atoms with Gasteiger partial charge in [0, 0.05) is 12.2 Å². The summed E-state index contributed by atoms with van der Waals surface area (Å²) in [5.41, 5.74) is 6.76. The average Bonchev–Trinajstić information content (AvgIpc) is 2.67. The minimum absolute atomic E-state index is 0.149. The first-order valence-corrected chi connectivity index (χ1v) is 6.16. The molecule has 104 valence electrons. The van der Waals surface area contributed by atoms with Crippen molar-refractivity contribution in [3.05, 3.63) is 24.0 Å². The van der Waals surface area contributed by atoms with E-state index < -0.39 is 12.0 Å². The van der Waals surface area contributed by atoms with Crippen LogP contribution in [0, 0.1) is 5.92 Å². The van der Waals surface area contributed by atoms with Crippen molar-refractivity contribution in [1.82, 2.24) is 9.55 Å². The molecule has 19 heavy (non-hydrogen) atoms. The Morgan fingerprint density at radius 2 is 2.05 bits per heavy atom. The summed E-state index contributed by atoms with van der Waals surface area (Å²) in [5.74, 6) is -0.704. The van der Waals surface area contributed by atoms with Gasteiger partial charge >= 0.3 is 6.18 Å². The van der Waals surface area contributed by atoms with Gasteiger partial charge < -0.3 is 10.3 Å². The topological polar surface area (TPSA) is 43.8 Å². The second-order valence-electron chi connectivity index (χ2n) is 4.81. The molecule has 0 spiro atoms. The zero-order valence-electron chi connectivity index (χ0n) is 10.8. The zero-order chi connectivity index (χ0) is 14.2. The predicted octanol–water partition coefficient (Wildman–Crippen LogP) is 3.68. The van der Waals surface area contributed by atoms with Gasteiger partial charge in [0.2, 0.25) is 5.82 Å². The molecule has 1 atom stereocenters. The molecule has 2 N–H and O–H groups in total. The van der Waals surface area contributed by atoms with Gasteiger partial charge in [-0.1, -0.05) is 20.3 Å². The van der Waals surface area contributed by atoms with E-state index in [4.69, 9.17) is 5.73 Å². The van der Waals surface area contributed by atoms with Gasteiger partial charge in [0.25, 0.3) is 0 Å². The van der Waals surface area contributed by atoms with Gasteiger partial charge in [-0.05, 0) is 24.1 Å². The van der Waals surface area contributed by atoms with Gasteiger partial charge in [-0.15, -0.1) is 0 Å². The van der Waals surface area contributed by atoms with Gasteiger partial charge in [-0.2, -0.15) is 13.2 Å². The Hall–Kier alpha value is -1.72. The summed E-state index contributed by atoms with van der Waals surface area (Å²) in [6, 6.07) is 4.66. The van der Waals surface area contributed by atoms with Crippen molar-refractivity contribution in [3.63, 3.8) is 0 Å². The first-order valence-electron chi connectivity index (χ1n) is 6.16. The fourth-order valence-corrected chi connectivity index (χ4v) is 1.99. The van der Waals surface area contributed by atoms with Crippen molar-refractivity contribution in [2.24, 2.45) is 5.92 Å². The van der Waals surface area contributed by atoms with Crippen LogP contribution in [0.1, 0.15) is 26.1 Å². The summed E-state index contributed by atoms with van der Waals surface area (Å²) in [6.45, 7) is 4.17. The lowest BCUT2D eigenvalue weighted by Gasteiger charge is -2.15. The van der Waals surface area contributed by atoms with Crippen LogP contribution in [0.5, 0.6) is 0 Å². The maximum absolute atomic E-state index is 13.0. The SMILES string of the molecule is CCC(C)Cn1c(C(F)(F)F)nc2cc(N)ccc21. The molecular formula is C13H16F3N3. The maximum atomic E-state index is 13.0. The number of aromatic nitrogens is 2. The molecular weight excluding hydrogens is 255 g/mol. The highest BCUT2D eigenvalue weighted by Crippen LogP contribution is 2.32. The molecule has 0 aliphatic carbocycles. The Kier molecular flexibility index (Phi) is 3.43. The third kappa shape index (κ3) is 2.67. The Balaban J connectivity index is 2.62. The van der Waals surface area contributed by atoms with Crippen LogP contribution in [-0.4, -0.2) is 9.55 Å². The molecule has 0 saturated carbocycles. The number of nitrogens with zero attached hydrogens (tertiary/aromatic N) is 2. The molecule has 0 fully saturated rings. The van der Waals surface area contributed by atoms with Crippen molar-refractivity contribution < 1.29 is 13.2 Å². The summed E-state index contributed by atoms with van der Waals surface area (Å²) in [7, 11) is 0. The molecule has 1 aromatic carbocycles. The standard InChI is InChI=1S/C13H16F3N3/c1-3-8(2)7-19-11-5-4-9(17)6-10(11)18-12(19)13(14,15)16/h4-6,8H,3,7,17H2,1-2H3. The lowest BCUT2D eigenvalue weighted by molar-refractivity contribution is -0.147. The maximum Gasteiger partial charge on any atom is 0.449 e. The van der Waals surface area contributed by atoms with Crippen molar-refractivity contribution in [3.8, 4) is 0 Å². The number of nitrogen functional groups attached to an aromatic ring is 1. The number of hydrogen-bond donors (Lipinski definition) is 1. The van der Waals surface area contributed by atoms with E-state index in [9.17, 15) is 13.2 Å². The fourth-order valence-electron chi connectivity index (χ4n) is 1.99. The van der Waals surface area contributed by atoms with E-state index in [1.165, 1.54) is 10.6 Å². The molecule has 0 bridgehead atoms. The fraction of sp³-hybridized carbons (Fsp3) is 0.462. The second-order valence-corrected chi connectivity index (χ2v) is 4.81. The van der Waals surface area contributed by atoms with Crippen LogP contribution in [0.15, 0.2) is 18.2 Å². The van der Waals surface area contributed by atoms with E-state index in [1.54, 1.807) is 12.1 Å². The Labute approximate surface area is 109 Å². The van der Waals surface area contributed by atoms with E-state index in [1.807, 2.05) is 13.8 Å². The van der Waals surface area contributed by atoms with Crippen LogP contribution < -0.4 is 5.73 Å². The number of alkyl halides is 3. The minimum Gasteiger partial charge on any atom is -0.399 e. The third-order valence-electron chi connectivity index (χ3n) is 3.22. The molecule has 0 aliphatic heterocycles. The quantitative estimate of drug-likeness (QED) is 0.865. The summed E-state index contributed by atoms with van der Waals surface area (Å²) in [4.78, 5) is 3.69. The summed E-state index contributed by atoms with van der Waals surface area (Å²) in [6.07, 6.45) is -3.65. The molecule has 2 rings (SSSR count). The van der Waals surface area contributed by atoms with Gasteiger partial charge in [0.05, 0.1) is 11.0 Å². The molecule has 3 nitrogen and oxygen atoms in total. The number of fused-ring (bicyclic) bond motifs is 1. The summed E-state index contributed by atoms with van der Waals surface area (Å²) in [5, 5.41) is 0. The molecule has 1 heterocycles. The highest BCUT2D eigenvalue weighted by atomic mass is 19.4. The van der Waals surface area contributed by atoms with Gasteiger partial charge in [0.1, 0.15) is 0 Å². The minimum atomic E-state index is -4.46.